The Kier molecular flexibility index (Phi) is 2.54. The Labute approximate surface area is 114 Å². The number of nitrogen functional groups attached to an aromatic ring is 1. The van der Waals surface area contributed by atoms with Gasteiger partial charge >= 0.3 is 0 Å². The van der Waals surface area contributed by atoms with Crippen molar-refractivity contribution >= 4 is 34.8 Å². The van der Waals surface area contributed by atoms with E-state index in [0.717, 1.165) is 4.90 Å². The van der Waals surface area contributed by atoms with Gasteiger partial charge in [0.05, 0.1) is 27.5 Å². The number of carbonyl (C=O) groups excluding carboxylic acids is 2. The lowest BCUT2D eigenvalue weighted by Gasteiger charge is -2.14. The molecule has 0 spiro atoms. The molecule has 2 amide bonds. The van der Waals surface area contributed by atoms with Crippen LogP contribution in [-0.4, -0.2) is 11.8 Å². The summed E-state index contributed by atoms with van der Waals surface area (Å²) in [6, 6.07) is 11.4. The van der Waals surface area contributed by atoms with Gasteiger partial charge in [-0.3, -0.25) is 9.59 Å². The molecular weight excluding hydrogens is 264 g/mol. The molecule has 0 fully saturated rings. The van der Waals surface area contributed by atoms with Gasteiger partial charge < -0.3 is 5.73 Å². The average molecular weight is 273 g/mol. The van der Waals surface area contributed by atoms with Crippen LogP contribution in [0.2, 0.25) is 5.02 Å². The molecule has 2 N–H and O–H groups in total. The number of rotatable bonds is 1. The van der Waals surface area contributed by atoms with E-state index >= 15 is 0 Å². The summed E-state index contributed by atoms with van der Waals surface area (Å²) in [6.07, 6.45) is 0. The smallest absolute Gasteiger partial charge is 0.266 e. The normalized spacial score (nSPS) is 13.8. The fraction of sp³-hybridized carbons (Fsp3) is 0. The van der Waals surface area contributed by atoms with Crippen molar-refractivity contribution in [3.05, 3.63) is 58.6 Å². The Morgan fingerprint density at radius 1 is 0.947 bits per heavy atom. The molecule has 0 saturated carbocycles. The van der Waals surface area contributed by atoms with Gasteiger partial charge in [0, 0.05) is 0 Å². The summed E-state index contributed by atoms with van der Waals surface area (Å²) >= 11 is 5.92. The second kappa shape index (κ2) is 4.10. The van der Waals surface area contributed by atoms with Crippen LogP contribution >= 0.6 is 11.6 Å². The lowest BCUT2D eigenvalue weighted by Crippen LogP contribution is -2.29. The van der Waals surface area contributed by atoms with Crippen LogP contribution in [0.4, 0.5) is 11.4 Å². The third-order valence-electron chi connectivity index (χ3n) is 3.04. The van der Waals surface area contributed by atoms with Gasteiger partial charge in [0.2, 0.25) is 0 Å². The second-order valence-corrected chi connectivity index (χ2v) is 4.60. The zero-order valence-electron chi connectivity index (χ0n) is 9.76. The first kappa shape index (κ1) is 11.7. The Balaban J connectivity index is 2.11. The predicted molar refractivity (Wildman–Crippen MR) is 73.4 cm³/mol. The quantitative estimate of drug-likeness (QED) is 0.641. The number of hydrogen-bond acceptors (Lipinski definition) is 3. The van der Waals surface area contributed by atoms with E-state index in [1.54, 1.807) is 36.4 Å². The summed E-state index contributed by atoms with van der Waals surface area (Å²) in [7, 11) is 0. The number of fused-ring (bicyclic) bond motifs is 1. The number of amides is 2. The van der Waals surface area contributed by atoms with Crippen molar-refractivity contribution in [2.45, 2.75) is 0 Å². The Hall–Kier alpha value is -2.33. The molecule has 2 aromatic carbocycles. The van der Waals surface area contributed by atoms with Crippen molar-refractivity contribution in [1.29, 1.82) is 0 Å². The standard InChI is InChI=1S/C14H9ClN2O2/c15-11-7-8(5-6-12(11)16)17-13(18)9-3-1-2-4-10(9)14(17)19/h1-7H,16H2. The number of nitrogens with zero attached hydrogens (tertiary/aromatic N) is 1. The summed E-state index contributed by atoms with van der Waals surface area (Å²) in [4.78, 5) is 25.6. The number of halogens is 1. The zero-order valence-corrected chi connectivity index (χ0v) is 10.5. The number of imide groups is 1. The molecule has 1 heterocycles. The molecule has 19 heavy (non-hydrogen) atoms. The van der Waals surface area contributed by atoms with Gasteiger partial charge in [0.25, 0.3) is 11.8 Å². The topological polar surface area (TPSA) is 63.4 Å². The minimum absolute atomic E-state index is 0.314. The van der Waals surface area contributed by atoms with E-state index in [0.29, 0.717) is 27.5 Å². The van der Waals surface area contributed by atoms with Crippen molar-refractivity contribution < 1.29 is 9.59 Å². The molecule has 2 aromatic rings. The molecule has 0 radical (unpaired) electrons. The SMILES string of the molecule is Nc1ccc(N2C(=O)c3ccccc3C2=O)cc1Cl. The van der Waals surface area contributed by atoms with Crippen LogP contribution in [0.25, 0.3) is 0 Å². The summed E-state index contributed by atoms with van der Waals surface area (Å²) < 4.78 is 0. The molecule has 0 aliphatic carbocycles. The summed E-state index contributed by atoms with van der Waals surface area (Å²) in [6.45, 7) is 0. The molecular formula is C14H9ClN2O2. The number of anilines is 2. The first-order valence-corrected chi connectivity index (χ1v) is 6.00. The molecule has 0 aromatic heterocycles. The minimum atomic E-state index is -0.346. The van der Waals surface area contributed by atoms with E-state index in [4.69, 9.17) is 17.3 Å². The van der Waals surface area contributed by atoms with Crippen LogP contribution in [-0.2, 0) is 0 Å². The zero-order chi connectivity index (χ0) is 13.6. The Morgan fingerprint density at radius 3 is 2.05 bits per heavy atom. The molecule has 1 aliphatic rings. The van der Waals surface area contributed by atoms with Crippen molar-refractivity contribution in [3.63, 3.8) is 0 Å². The van der Waals surface area contributed by atoms with Crippen LogP contribution in [0.1, 0.15) is 20.7 Å². The van der Waals surface area contributed by atoms with Crippen LogP contribution in [0.5, 0.6) is 0 Å². The predicted octanol–water partition coefficient (Wildman–Crippen LogP) is 2.72. The van der Waals surface area contributed by atoms with Gasteiger partial charge in [0.15, 0.2) is 0 Å². The van der Waals surface area contributed by atoms with E-state index in [1.807, 2.05) is 0 Å². The van der Waals surface area contributed by atoms with E-state index in [1.165, 1.54) is 6.07 Å². The molecule has 94 valence electrons. The highest BCUT2D eigenvalue weighted by Crippen LogP contribution is 2.31. The maximum absolute atomic E-state index is 12.2. The largest absolute Gasteiger partial charge is 0.398 e. The number of nitrogens with two attached hydrogens (primary N) is 1. The lowest BCUT2D eigenvalue weighted by molar-refractivity contribution is 0.0926. The van der Waals surface area contributed by atoms with E-state index < -0.39 is 0 Å². The molecule has 0 bridgehead atoms. The molecule has 4 nitrogen and oxygen atoms in total. The van der Waals surface area contributed by atoms with Crippen LogP contribution < -0.4 is 10.6 Å². The molecule has 1 aliphatic heterocycles. The molecule has 0 saturated heterocycles. The molecule has 0 atom stereocenters. The van der Waals surface area contributed by atoms with Crippen molar-refractivity contribution in [2.75, 3.05) is 10.6 Å². The van der Waals surface area contributed by atoms with Gasteiger partial charge in [-0.05, 0) is 30.3 Å². The van der Waals surface area contributed by atoms with Crippen molar-refractivity contribution in [1.82, 2.24) is 0 Å². The van der Waals surface area contributed by atoms with Crippen molar-refractivity contribution in [3.8, 4) is 0 Å². The average Bonchev–Trinajstić information content (AvgIpc) is 2.66. The van der Waals surface area contributed by atoms with Gasteiger partial charge in [-0.2, -0.15) is 0 Å². The summed E-state index contributed by atoms with van der Waals surface area (Å²) in [5, 5.41) is 0.314. The van der Waals surface area contributed by atoms with Gasteiger partial charge in [-0.1, -0.05) is 23.7 Å². The fourth-order valence-corrected chi connectivity index (χ4v) is 2.25. The van der Waals surface area contributed by atoms with E-state index in [-0.39, 0.29) is 11.8 Å². The third-order valence-corrected chi connectivity index (χ3v) is 3.36. The van der Waals surface area contributed by atoms with Gasteiger partial charge in [-0.25, -0.2) is 4.90 Å². The van der Waals surface area contributed by atoms with E-state index in [2.05, 4.69) is 0 Å². The maximum Gasteiger partial charge on any atom is 0.266 e. The Morgan fingerprint density at radius 2 is 1.53 bits per heavy atom. The number of carbonyl (C=O) groups is 2. The van der Waals surface area contributed by atoms with Gasteiger partial charge in [-0.15, -0.1) is 0 Å². The van der Waals surface area contributed by atoms with Crippen LogP contribution in [0.15, 0.2) is 42.5 Å². The highest BCUT2D eigenvalue weighted by molar-refractivity contribution is 6.36. The van der Waals surface area contributed by atoms with Crippen LogP contribution in [0.3, 0.4) is 0 Å². The van der Waals surface area contributed by atoms with Crippen molar-refractivity contribution in [2.24, 2.45) is 0 Å². The Bertz CT molecular complexity index is 677. The highest BCUT2D eigenvalue weighted by atomic mass is 35.5. The first-order valence-electron chi connectivity index (χ1n) is 5.62. The molecule has 3 rings (SSSR count). The van der Waals surface area contributed by atoms with Crippen LogP contribution in [0, 0.1) is 0 Å². The fourth-order valence-electron chi connectivity index (χ4n) is 2.08. The summed E-state index contributed by atoms with van der Waals surface area (Å²) in [5.74, 6) is -0.692. The lowest BCUT2D eigenvalue weighted by atomic mass is 10.1. The maximum atomic E-state index is 12.2. The minimum Gasteiger partial charge on any atom is -0.398 e. The number of hydrogen-bond donors (Lipinski definition) is 1. The van der Waals surface area contributed by atoms with Gasteiger partial charge in [0.1, 0.15) is 0 Å². The first-order chi connectivity index (χ1) is 9.09. The number of benzene rings is 2. The monoisotopic (exact) mass is 272 g/mol. The second-order valence-electron chi connectivity index (χ2n) is 4.20. The van der Waals surface area contributed by atoms with E-state index in [9.17, 15) is 9.59 Å². The molecule has 0 unspecified atom stereocenters. The molecule has 5 heteroatoms. The highest BCUT2D eigenvalue weighted by Gasteiger charge is 2.36. The summed E-state index contributed by atoms with van der Waals surface area (Å²) in [5.41, 5.74) is 7.25. The third kappa shape index (κ3) is 1.69.